The summed E-state index contributed by atoms with van der Waals surface area (Å²) in [6.07, 6.45) is 0. The Kier molecular flexibility index (Phi) is 6.69. The number of thiophene rings is 1. The van der Waals surface area contributed by atoms with Crippen LogP contribution in [-0.4, -0.2) is 60.9 Å². The fourth-order valence-corrected chi connectivity index (χ4v) is 4.03. The van der Waals surface area contributed by atoms with Crippen molar-refractivity contribution in [3.8, 4) is 0 Å². The van der Waals surface area contributed by atoms with Crippen molar-refractivity contribution in [2.75, 3.05) is 39.3 Å². The van der Waals surface area contributed by atoms with Crippen LogP contribution in [0.3, 0.4) is 0 Å². The molecule has 1 saturated heterocycles. The SMILES string of the molecule is O=C(NCCN1CCN(C(=O)c2cc(Br)ccc2Cl)CC1)c1cccs1. The summed E-state index contributed by atoms with van der Waals surface area (Å²) in [5, 5.41) is 5.29. The summed E-state index contributed by atoms with van der Waals surface area (Å²) in [6, 6.07) is 8.99. The van der Waals surface area contributed by atoms with Crippen molar-refractivity contribution in [3.05, 3.63) is 55.6 Å². The van der Waals surface area contributed by atoms with Crippen LogP contribution >= 0.6 is 38.9 Å². The van der Waals surface area contributed by atoms with Crippen LogP contribution in [0.15, 0.2) is 40.2 Å². The van der Waals surface area contributed by atoms with E-state index in [0.717, 1.165) is 29.0 Å². The van der Waals surface area contributed by atoms with Crippen LogP contribution in [0, 0.1) is 0 Å². The number of carbonyl (C=O) groups is 2. The van der Waals surface area contributed by atoms with E-state index in [4.69, 9.17) is 11.6 Å². The molecule has 8 heteroatoms. The molecule has 2 amide bonds. The van der Waals surface area contributed by atoms with Gasteiger partial charge in [0.05, 0.1) is 15.5 Å². The summed E-state index contributed by atoms with van der Waals surface area (Å²) in [5.41, 5.74) is 0.526. The van der Waals surface area contributed by atoms with Gasteiger partial charge in [0.1, 0.15) is 0 Å². The molecule has 0 saturated carbocycles. The van der Waals surface area contributed by atoms with E-state index in [9.17, 15) is 9.59 Å². The van der Waals surface area contributed by atoms with E-state index in [1.165, 1.54) is 11.3 Å². The molecule has 0 radical (unpaired) electrons. The van der Waals surface area contributed by atoms with Crippen molar-refractivity contribution in [2.24, 2.45) is 0 Å². The predicted octanol–water partition coefficient (Wildman–Crippen LogP) is 3.35. The van der Waals surface area contributed by atoms with Gasteiger partial charge in [0.15, 0.2) is 0 Å². The quantitative estimate of drug-likeness (QED) is 0.751. The van der Waals surface area contributed by atoms with Gasteiger partial charge in [-0.25, -0.2) is 0 Å². The predicted molar refractivity (Wildman–Crippen MR) is 108 cm³/mol. The van der Waals surface area contributed by atoms with Crippen molar-refractivity contribution >= 4 is 50.7 Å². The fraction of sp³-hybridized carbons (Fsp3) is 0.333. The number of carbonyl (C=O) groups excluding carboxylic acids is 2. The fourth-order valence-electron chi connectivity index (χ4n) is 2.83. The van der Waals surface area contributed by atoms with Gasteiger partial charge in [0.2, 0.25) is 0 Å². The Morgan fingerprint density at radius 1 is 1.19 bits per heavy atom. The van der Waals surface area contributed by atoms with E-state index in [-0.39, 0.29) is 11.8 Å². The third-order valence-corrected chi connectivity index (χ3v) is 5.97. The van der Waals surface area contributed by atoms with Gasteiger partial charge in [-0.15, -0.1) is 11.3 Å². The average Bonchev–Trinajstić information content (AvgIpc) is 3.18. The molecule has 1 aromatic heterocycles. The first-order chi connectivity index (χ1) is 12.5. The first-order valence-corrected chi connectivity index (χ1v) is 10.4. The summed E-state index contributed by atoms with van der Waals surface area (Å²) in [5.74, 6) is -0.0694. The van der Waals surface area contributed by atoms with Gasteiger partial charge in [-0.3, -0.25) is 14.5 Å². The number of hydrogen-bond acceptors (Lipinski definition) is 4. The molecule has 26 heavy (non-hydrogen) atoms. The molecular weight excluding hydrogens is 438 g/mol. The van der Waals surface area contributed by atoms with Crippen molar-refractivity contribution in [1.29, 1.82) is 0 Å². The minimum atomic E-state index is -0.0399. The molecule has 1 fully saturated rings. The summed E-state index contributed by atoms with van der Waals surface area (Å²) < 4.78 is 0.838. The molecule has 1 aliphatic rings. The number of nitrogens with one attached hydrogen (secondary N) is 1. The number of rotatable bonds is 5. The monoisotopic (exact) mass is 455 g/mol. The van der Waals surface area contributed by atoms with Crippen LogP contribution in [0.5, 0.6) is 0 Å². The Hall–Kier alpha value is -1.41. The van der Waals surface area contributed by atoms with E-state index in [2.05, 4.69) is 26.1 Å². The number of hydrogen-bond donors (Lipinski definition) is 1. The third-order valence-electron chi connectivity index (χ3n) is 4.28. The van der Waals surface area contributed by atoms with Gasteiger partial charge >= 0.3 is 0 Å². The van der Waals surface area contributed by atoms with Gasteiger partial charge in [0, 0.05) is 43.7 Å². The van der Waals surface area contributed by atoms with Gasteiger partial charge < -0.3 is 10.2 Å². The Morgan fingerprint density at radius 2 is 1.96 bits per heavy atom. The number of piperazine rings is 1. The van der Waals surface area contributed by atoms with Crippen LogP contribution in [0.25, 0.3) is 0 Å². The zero-order chi connectivity index (χ0) is 18.5. The zero-order valence-electron chi connectivity index (χ0n) is 14.1. The van der Waals surface area contributed by atoms with Crippen LogP contribution in [0.2, 0.25) is 5.02 Å². The maximum Gasteiger partial charge on any atom is 0.261 e. The highest BCUT2D eigenvalue weighted by Crippen LogP contribution is 2.23. The second-order valence-corrected chi connectivity index (χ2v) is 8.26. The molecule has 1 N–H and O–H groups in total. The largest absolute Gasteiger partial charge is 0.350 e. The maximum atomic E-state index is 12.7. The normalized spacial score (nSPS) is 15.1. The summed E-state index contributed by atoms with van der Waals surface area (Å²) in [6.45, 7) is 4.25. The maximum absolute atomic E-state index is 12.7. The Morgan fingerprint density at radius 3 is 2.65 bits per heavy atom. The summed E-state index contributed by atoms with van der Waals surface area (Å²) in [7, 11) is 0. The molecular formula is C18H19BrClN3O2S. The molecule has 138 valence electrons. The molecule has 5 nitrogen and oxygen atoms in total. The van der Waals surface area contributed by atoms with Gasteiger partial charge in [-0.1, -0.05) is 33.6 Å². The molecule has 2 aromatic rings. The van der Waals surface area contributed by atoms with E-state index < -0.39 is 0 Å². The minimum absolute atomic E-state index is 0.0295. The molecule has 1 aromatic carbocycles. The number of amides is 2. The lowest BCUT2D eigenvalue weighted by molar-refractivity contribution is 0.0638. The number of nitrogens with zero attached hydrogens (tertiary/aromatic N) is 2. The first-order valence-electron chi connectivity index (χ1n) is 8.33. The lowest BCUT2D eigenvalue weighted by Gasteiger charge is -2.34. The zero-order valence-corrected chi connectivity index (χ0v) is 17.2. The highest BCUT2D eigenvalue weighted by atomic mass is 79.9. The third kappa shape index (κ3) is 4.85. The Bertz CT molecular complexity index is 777. The van der Waals surface area contributed by atoms with E-state index >= 15 is 0 Å². The Labute approximate surface area is 170 Å². The average molecular weight is 457 g/mol. The van der Waals surface area contributed by atoms with Crippen molar-refractivity contribution in [2.45, 2.75) is 0 Å². The van der Waals surface area contributed by atoms with E-state index in [1.54, 1.807) is 12.1 Å². The standard InChI is InChI=1S/C18H19BrClN3O2S/c19-13-3-4-15(20)14(12-13)18(25)23-9-7-22(8-10-23)6-5-21-17(24)16-2-1-11-26-16/h1-4,11-12H,5-10H2,(H,21,24). The minimum Gasteiger partial charge on any atom is -0.350 e. The number of benzene rings is 1. The van der Waals surface area contributed by atoms with Crippen LogP contribution in [-0.2, 0) is 0 Å². The van der Waals surface area contributed by atoms with Crippen LogP contribution in [0.1, 0.15) is 20.0 Å². The molecule has 0 aliphatic carbocycles. The molecule has 3 rings (SSSR count). The molecule has 0 bridgehead atoms. The summed E-state index contributed by atoms with van der Waals surface area (Å²) in [4.78, 5) is 29.4. The second kappa shape index (κ2) is 8.99. The van der Waals surface area contributed by atoms with E-state index in [0.29, 0.717) is 30.2 Å². The molecule has 0 atom stereocenters. The van der Waals surface area contributed by atoms with Gasteiger partial charge in [-0.2, -0.15) is 0 Å². The summed E-state index contributed by atoms with van der Waals surface area (Å²) >= 11 is 11.0. The van der Waals surface area contributed by atoms with Crippen molar-refractivity contribution < 1.29 is 9.59 Å². The molecule has 0 spiro atoms. The molecule has 0 unspecified atom stereocenters. The lowest BCUT2D eigenvalue weighted by Crippen LogP contribution is -2.50. The van der Waals surface area contributed by atoms with E-state index in [1.807, 2.05) is 28.5 Å². The highest BCUT2D eigenvalue weighted by Gasteiger charge is 2.23. The van der Waals surface area contributed by atoms with Crippen LogP contribution < -0.4 is 5.32 Å². The molecule has 1 aliphatic heterocycles. The van der Waals surface area contributed by atoms with Gasteiger partial charge in [-0.05, 0) is 29.6 Å². The topological polar surface area (TPSA) is 52.7 Å². The second-order valence-electron chi connectivity index (χ2n) is 5.99. The van der Waals surface area contributed by atoms with Crippen LogP contribution in [0.4, 0.5) is 0 Å². The van der Waals surface area contributed by atoms with Crippen molar-refractivity contribution in [1.82, 2.24) is 15.1 Å². The van der Waals surface area contributed by atoms with Crippen molar-refractivity contribution in [3.63, 3.8) is 0 Å². The first kappa shape index (κ1) is 19.4. The smallest absolute Gasteiger partial charge is 0.261 e. The number of halogens is 2. The molecule has 2 heterocycles. The van der Waals surface area contributed by atoms with Gasteiger partial charge in [0.25, 0.3) is 11.8 Å². The lowest BCUT2D eigenvalue weighted by atomic mass is 10.2. The highest BCUT2D eigenvalue weighted by molar-refractivity contribution is 9.10. The Balaban J connectivity index is 1.44.